The number of rotatable bonds is 1. The van der Waals surface area contributed by atoms with E-state index < -0.39 is 0 Å². The zero-order valence-corrected chi connectivity index (χ0v) is 13.0. The summed E-state index contributed by atoms with van der Waals surface area (Å²) in [6, 6.07) is 2.04. The number of aryl methyl sites for hydroxylation is 1. The van der Waals surface area contributed by atoms with Crippen molar-refractivity contribution >= 4 is 11.2 Å². The predicted molar refractivity (Wildman–Crippen MR) is 82.8 cm³/mol. The maximum absolute atomic E-state index is 4.72. The number of aromatic amines is 1. The van der Waals surface area contributed by atoms with Crippen LogP contribution in [0.5, 0.6) is 0 Å². The van der Waals surface area contributed by atoms with E-state index in [2.05, 4.69) is 37.7 Å². The first-order valence-electron chi connectivity index (χ1n) is 7.76. The third-order valence-corrected chi connectivity index (χ3v) is 4.96. The minimum absolute atomic E-state index is 0.441. The van der Waals surface area contributed by atoms with Crippen molar-refractivity contribution in [2.75, 3.05) is 0 Å². The quantitative estimate of drug-likeness (QED) is 0.824. The summed E-state index contributed by atoms with van der Waals surface area (Å²) in [7, 11) is 0. The van der Waals surface area contributed by atoms with Gasteiger partial charge in [-0.05, 0) is 55.6 Å². The highest BCUT2D eigenvalue weighted by Crippen LogP contribution is 2.42. The molecule has 0 spiro atoms. The van der Waals surface area contributed by atoms with E-state index in [1.807, 2.05) is 12.3 Å². The van der Waals surface area contributed by atoms with Crippen molar-refractivity contribution in [1.29, 1.82) is 0 Å². The molecule has 2 aromatic heterocycles. The fourth-order valence-electron chi connectivity index (χ4n) is 3.48. The van der Waals surface area contributed by atoms with E-state index in [0.29, 0.717) is 11.3 Å². The highest BCUT2D eigenvalue weighted by Gasteiger charge is 2.31. The van der Waals surface area contributed by atoms with Gasteiger partial charge < -0.3 is 4.98 Å². The third-order valence-electron chi connectivity index (χ3n) is 4.96. The van der Waals surface area contributed by atoms with Crippen LogP contribution in [0.2, 0.25) is 0 Å². The molecule has 0 amide bonds. The Morgan fingerprint density at radius 2 is 1.85 bits per heavy atom. The van der Waals surface area contributed by atoms with Gasteiger partial charge in [-0.25, -0.2) is 9.97 Å². The van der Waals surface area contributed by atoms with Crippen LogP contribution < -0.4 is 0 Å². The molecule has 0 aromatic carbocycles. The molecule has 2 heterocycles. The van der Waals surface area contributed by atoms with E-state index in [-0.39, 0.29) is 0 Å². The van der Waals surface area contributed by atoms with Crippen LogP contribution in [-0.2, 0) is 0 Å². The Morgan fingerprint density at radius 3 is 2.45 bits per heavy atom. The molecular weight excluding hydrogens is 246 g/mol. The van der Waals surface area contributed by atoms with Crippen molar-refractivity contribution < 1.29 is 0 Å². The van der Waals surface area contributed by atoms with Gasteiger partial charge in [0, 0.05) is 12.1 Å². The summed E-state index contributed by atoms with van der Waals surface area (Å²) in [6.07, 6.45) is 6.98. The fourth-order valence-corrected chi connectivity index (χ4v) is 3.48. The van der Waals surface area contributed by atoms with E-state index in [9.17, 15) is 0 Å². The van der Waals surface area contributed by atoms with Gasteiger partial charge in [0.15, 0.2) is 5.65 Å². The van der Waals surface area contributed by atoms with Crippen molar-refractivity contribution in [3.63, 3.8) is 0 Å². The smallest absolute Gasteiger partial charge is 0.177 e. The first kappa shape index (κ1) is 13.6. The van der Waals surface area contributed by atoms with Crippen molar-refractivity contribution in [3.05, 3.63) is 23.7 Å². The molecule has 0 saturated heterocycles. The van der Waals surface area contributed by atoms with Crippen LogP contribution in [-0.4, -0.2) is 15.0 Å². The number of aromatic nitrogens is 3. The van der Waals surface area contributed by atoms with E-state index in [0.717, 1.165) is 22.9 Å². The highest BCUT2D eigenvalue weighted by atomic mass is 15.0. The Balaban J connectivity index is 1.78. The minimum Gasteiger partial charge on any atom is -0.340 e. The summed E-state index contributed by atoms with van der Waals surface area (Å²) in [5, 5.41) is 0. The highest BCUT2D eigenvalue weighted by molar-refractivity contribution is 5.74. The number of fused-ring (bicyclic) bond motifs is 1. The summed E-state index contributed by atoms with van der Waals surface area (Å²) in [6.45, 7) is 9.22. The zero-order chi connectivity index (χ0) is 14.3. The lowest BCUT2D eigenvalue weighted by Crippen LogP contribution is -2.25. The normalized spacial score (nSPS) is 24.2. The van der Waals surface area contributed by atoms with Gasteiger partial charge in [0.05, 0.1) is 5.52 Å². The molecule has 1 aliphatic rings. The van der Waals surface area contributed by atoms with Crippen molar-refractivity contribution in [3.8, 4) is 0 Å². The average Bonchev–Trinajstić information content (AvgIpc) is 2.83. The van der Waals surface area contributed by atoms with Gasteiger partial charge in [0.25, 0.3) is 0 Å². The monoisotopic (exact) mass is 271 g/mol. The largest absolute Gasteiger partial charge is 0.340 e. The maximum atomic E-state index is 4.72. The third kappa shape index (κ3) is 2.46. The summed E-state index contributed by atoms with van der Waals surface area (Å²) in [4.78, 5) is 12.6. The van der Waals surface area contributed by atoms with Crippen LogP contribution in [0.25, 0.3) is 11.2 Å². The second-order valence-electron chi connectivity index (χ2n) is 7.36. The van der Waals surface area contributed by atoms with Gasteiger partial charge in [-0.2, -0.15) is 0 Å². The molecule has 3 nitrogen and oxygen atoms in total. The Hall–Kier alpha value is -1.38. The fraction of sp³-hybridized carbons (Fsp3) is 0.647. The zero-order valence-electron chi connectivity index (χ0n) is 13.0. The number of hydrogen-bond donors (Lipinski definition) is 1. The van der Waals surface area contributed by atoms with Gasteiger partial charge in [0.2, 0.25) is 0 Å². The van der Waals surface area contributed by atoms with Crippen LogP contribution in [0.1, 0.15) is 63.8 Å². The van der Waals surface area contributed by atoms with Gasteiger partial charge >= 0.3 is 0 Å². The lowest BCUT2D eigenvalue weighted by atomic mass is 9.70. The Labute approximate surface area is 121 Å². The lowest BCUT2D eigenvalue weighted by Gasteiger charge is -2.36. The molecule has 3 heteroatoms. The standard InChI is InChI=1S/C17H25N3/c1-11-9-10-18-16-14(11)19-15(20-16)12-5-7-13(8-6-12)17(2,3)4/h9-10,12-13H,5-8H2,1-4H3,(H,18,19,20). The molecule has 1 N–H and O–H groups in total. The molecule has 0 bridgehead atoms. The number of nitrogens with one attached hydrogen (secondary N) is 1. The molecule has 0 unspecified atom stereocenters. The maximum Gasteiger partial charge on any atom is 0.177 e. The van der Waals surface area contributed by atoms with Gasteiger partial charge in [-0.15, -0.1) is 0 Å². The molecule has 2 aromatic rings. The van der Waals surface area contributed by atoms with E-state index in [4.69, 9.17) is 4.98 Å². The molecule has 1 fully saturated rings. The average molecular weight is 271 g/mol. The molecule has 1 saturated carbocycles. The minimum atomic E-state index is 0.441. The first-order chi connectivity index (χ1) is 9.45. The molecule has 3 rings (SSSR count). The van der Waals surface area contributed by atoms with Crippen LogP contribution in [0, 0.1) is 18.3 Å². The molecule has 20 heavy (non-hydrogen) atoms. The number of imidazole rings is 1. The SMILES string of the molecule is Cc1ccnc2nc(C3CCC(C(C)(C)C)CC3)[nH]c12. The summed E-state index contributed by atoms with van der Waals surface area (Å²) >= 11 is 0. The molecular formula is C17H25N3. The lowest BCUT2D eigenvalue weighted by molar-refractivity contribution is 0.167. The Morgan fingerprint density at radius 1 is 1.15 bits per heavy atom. The molecule has 0 radical (unpaired) electrons. The predicted octanol–water partition coefficient (Wildman–Crippen LogP) is 4.59. The summed E-state index contributed by atoms with van der Waals surface area (Å²) in [5.41, 5.74) is 3.66. The topological polar surface area (TPSA) is 41.6 Å². The number of H-pyrrole nitrogens is 1. The Kier molecular flexibility index (Phi) is 3.31. The Bertz CT molecular complexity index is 598. The van der Waals surface area contributed by atoms with E-state index in [1.165, 1.54) is 31.2 Å². The molecule has 0 atom stereocenters. The number of hydrogen-bond acceptors (Lipinski definition) is 2. The van der Waals surface area contributed by atoms with Gasteiger partial charge in [-0.1, -0.05) is 20.8 Å². The van der Waals surface area contributed by atoms with Crippen LogP contribution in [0.4, 0.5) is 0 Å². The summed E-state index contributed by atoms with van der Waals surface area (Å²) < 4.78 is 0. The molecule has 0 aliphatic heterocycles. The van der Waals surface area contributed by atoms with Crippen LogP contribution in [0.15, 0.2) is 12.3 Å². The van der Waals surface area contributed by atoms with Crippen LogP contribution in [0.3, 0.4) is 0 Å². The van der Waals surface area contributed by atoms with Gasteiger partial charge in [-0.3, -0.25) is 0 Å². The van der Waals surface area contributed by atoms with Crippen molar-refractivity contribution in [2.45, 2.75) is 59.3 Å². The van der Waals surface area contributed by atoms with E-state index in [1.54, 1.807) is 0 Å². The second-order valence-corrected chi connectivity index (χ2v) is 7.36. The second kappa shape index (κ2) is 4.87. The number of nitrogens with zero attached hydrogens (tertiary/aromatic N) is 2. The molecule has 108 valence electrons. The summed E-state index contributed by atoms with van der Waals surface area (Å²) in [5.74, 6) is 2.58. The van der Waals surface area contributed by atoms with Crippen LogP contribution >= 0.6 is 0 Å². The molecule has 1 aliphatic carbocycles. The van der Waals surface area contributed by atoms with E-state index >= 15 is 0 Å². The van der Waals surface area contributed by atoms with Gasteiger partial charge in [0.1, 0.15) is 5.82 Å². The number of pyridine rings is 1. The van der Waals surface area contributed by atoms with Crippen molar-refractivity contribution in [2.24, 2.45) is 11.3 Å². The first-order valence-corrected chi connectivity index (χ1v) is 7.76. The van der Waals surface area contributed by atoms with Crippen molar-refractivity contribution in [1.82, 2.24) is 15.0 Å².